The predicted octanol–water partition coefficient (Wildman–Crippen LogP) is 2.42. The molecule has 0 aromatic heterocycles. The van der Waals surface area contributed by atoms with Crippen molar-refractivity contribution < 1.29 is 14.3 Å². The van der Waals surface area contributed by atoms with Crippen molar-refractivity contribution in [3.8, 4) is 5.75 Å². The Morgan fingerprint density at radius 3 is 2.50 bits per heavy atom. The number of ether oxygens (including phenoxy) is 2. The van der Waals surface area contributed by atoms with E-state index < -0.39 is 0 Å². The van der Waals surface area contributed by atoms with Crippen molar-refractivity contribution in [2.45, 2.75) is 27.2 Å². The number of methoxy groups -OCH3 is 1. The monoisotopic (exact) mass is 222 g/mol. The van der Waals surface area contributed by atoms with Crippen LogP contribution in [0.3, 0.4) is 0 Å². The molecular weight excluding hydrogens is 204 g/mol. The fourth-order valence-corrected chi connectivity index (χ4v) is 1.63. The number of benzene rings is 1. The number of hydrogen-bond donors (Lipinski definition) is 0. The number of carbonyl (C=O) groups excluding carboxylic acids is 1. The van der Waals surface area contributed by atoms with Crippen molar-refractivity contribution in [1.82, 2.24) is 0 Å². The highest BCUT2D eigenvalue weighted by molar-refractivity contribution is 5.73. The first-order valence-electron chi connectivity index (χ1n) is 5.38. The van der Waals surface area contributed by atoms with Gasteiger partial charge in [-0.05, 0) is 43.5 Å². The fraction of sp³-hybridized carbons (Fsp3) is 0.462. The van der Waals surface area contributed by atoms with Crippen LogP contribution in [0.5, 0.6) is 5.75 Å². The van der Waals surface area contributed by atoms with Crippen LogP contribution in [-0.2, 0) is 16.0 Å². The van der Waals surface area contributed by atoms with Gasteiger partial charge in [-0.1, -0.05) is 6.07 Å². The third-order valence-corrected chi connectivity index (χ3v) is 2.71. The third-order valence-electron chi connectivity index (χ3n) is 2.71. The summed E-state index contributed by atoms with van der Waals surface area (Å²) in [6.45, 7) is 6.21. The molecule has 1 aromatic carbocycles. The summed E-state index contributed by atoms with van der Waals surface area (Å²) in [5, 5.41) is 0. The Labute approximate surface area is 96.4 Å². The molecule has 0 spiro atoms. The van der Waals surface area contributed by atoms with Crippen molar-refractivity contribution in [3.63, 3.8) is 0 Å². The number of esters is 1. The molecule has 88 valence electrons. The van der Waals surface area contributed by atoms with Gasteiger partial charge in [0.25, 0.3) is 0 Å². The lowest BCUT2D eigenvalue weighted by Gasteiger charge is -2.12. The van der Waals surface area contributed by atoms with Gasteiger partial charge in [-0.15, -0.1) is 0 Å². The Bertz CT molecular complexity index is 383. The van der Waals surface area contributed by atoms with Crippen molar-refractivity contribution in [2.75, 3.05) is 13.7 Å². The number of rotatable bonds is 4. The summed E-state index contributed by atoms with van der Waals surface area (Å²) in [4.78, 5) is 11.4. The van der Waals surface area contributed by atoms with Crippen LogP contribution < -0.4 is 4.74 Å². The van der Waals surface area contributed by atoms with Crippen molar-refractivity contribution in [3.05, 3.63) is 28.8 Å². The molecule has 0 bridgehead atoms. The standard InChI is InChI=1S/C13H18O3/c1-5-16-13(14)8-11-6-7-12(15-4)10(3)9(11)2/h6-7H,5,8H2,1-4H3. The van der Waals surface area contributed by atoms with Gasteiger partial charge in [0.1, 0.15) is 5.75 Å². The SMILES string of the molecule is CCOC(=O)Cc1ccc(OC)c(C)c1C. The molecule has 0 amide bonds. The Morgan fingerprint density at radius 2 is 1.94 bits per heavy atom. The number of hydrogen-bond acceptors (Lipinski definition) is 3. The van der Waals surface area contributed by atoms with E-state index in [1.54, 1.807) is 7.11 Å². The highest BCUT2D eigenvalue weighted by atomic mass is 16.5. The molecule has 0 saturated carbocycles. The van der Waals surface area contributed by atoms with E-state index in [1.165, 1.54) is 0 Å². The smallest absolute Gasteiger partial charge is 0.310 e. The lowest BCUT2D eigenvalue weighted by atomic mass is 10.00. The van der Waals surface area contributed by atoms with E-state index >= 15 is 0 Å². The molecule has 0 heterocycles. The minimum Gasteiger partial charge on any atom is -0.496 e. The van der Waals surface area contributed by atoms with Crippen molar-refractivity contribution >= 4 is 5.97 Å². The van der Waals surface area contributed by atoms with E-state index in [-0.39, 0.29) is 5.97 Å². The summed E-state index contributed by atoms with van der Waals surface area (Å²) in [6, 6.07) is 3.80. The predicted molar refractivity (Wildman–Crippen MR) is 62.8 cm³/mol. The van der Waals surface area contributed by atoms with Crippen molar-refractivity contribution in [2.24, 2.45) is 0 Å². The maximum atomic E-state index is 11.4. The molecule has 0 fully saturated rings. The molecule has 0 radical (unpaired) electrons. The molecule has 1 rings (SSSR count). The third kappa shape index (κ3) is 2.75. The van der Waals surface area contributed by atoms with E-state index in [9.17, 15) is 4.79 Å². The molecule has 0 aliphatic heterocycles. The molecule has 3 nitrogen and oxygen atoms in total. The van der Waals surface area contributed by atoms with Crippen LogP contribution in [0.25, 0.3) is 0 Å². The van der Waals surface area contributed by atoms with Crippen LogP contribution in [0.15, 0.2) is 12.1 Å². The second-order valence-electron chi connectivity index (χ2n) is 3.66. The lowest BCUT2D eigenvalue weighted by molar-refractivity contribution is -0.142. The summed E-state index contributed by atoms with van der Waals surface area (Å²) in [6.07, 6.45) is 0.324. The van der Waals surface area contributed by atoms with Gasteiger partial charge in [0.2, 0.25) is 0 Å². The molecule has 0 unspecified atom stereocenters. The maximum Gasteiger partial charge on any atom is 0.310 e. The number of carbonyl (C=O) groups is 1. The van der Waals surface area contributed by atoms with Crippen LogP contribution in [-0.4, -0.2) is 19.7 Å². The zero-order valence-electron chi connectivity index (χ0n) is 10.3. The summed E-state index contributed by atoms with van der Waals surface area (Å²) in [5.74, 6) is 0.667. The molecule has 0 saturated heterocycles. The second kappa shape index (κ2) is 5.54. The average Bonchev–Trinajstić information content (AvgIpc) is 2.25. The molecule has 0 aliphatic carbocycles. The van der Waals surface area contributed by atoms with Gasteiger partial charge in [-0.3, -0.25) is 4.79 Å². The van der Waals surface area contributed by atoms with Crippen LogP contribution in [0.2, 0.25) is 0 Å². The molecular formula is C13H18O3. The molecule has 0 atom stereocenters. The van der Waals surface area contributed by atoms with E-state index in [0.29, 0.717) is 13.0 Å². The van der Waals surface area contributed by atoms with Gasteiger partial charge in [0, 0.05) is 0 Å². The average molecular weight is 222 g/mol. The van der Waals surface area contributed by atoms with Gasteiger partial charge >= 0.3 is 5.97 Å². The summed E-state index contributed by atoms with van der Waals surface area (Å²) in [5.41, 5.74) is 3.16. The minimum atomic E-state index is -0.185. The zero-order chi connectivity index (χ0) is 12.1. The Morgan fingerprint density at radius 1 is 1.25 bits per heavy atom. The van der Waals surface area contributed by atoms with E-state index in [2.05, 4.69) is 0 Å². The Kier molecular flexibility index (Phi) is 4.35. The summed E-state index contributed by atoms with van der Waals surface area (Å²) in [7, 11) is 1.65. The first-order valence-corrected chi connectivity index (χ1v) is 5.38. The van der Waals surface area contributed by atoms with Crippen LogP contribution in [0.1, 0.15) is 23.6 Å². The second-order valence-corrected chi connectivity index (χ2v) is 3.66. The van der Waals surface area contributed by atoms with Crippen LogP contribution in [0, 0.1) is 13.8 Å². The van der Waals surface area contributed by atoms with Crippen LogP contribution >= 0.6 is 0 Å². The molecule has 0 aliphatic rings. The normalized spacial score (nSPS) is 10.0. The quantitative estimate of drug-likeness (QED) is 0.734. The zero-order valence-corrected chi connectivity index (χ0v) is 10.3. The molecule has 0 N–H and O–H groups in total. The van der Waals surface area contributed by atoms with Gasteiger partial charge < -0.3 is 9.47 Å². The van der Waals surface area contributed by atoms with E-state index in [1.807, 2.05) is 32.9 Å². The highest BCUT2D eigenvalue weighted by Gasteiger charge is 2.10. The Hall–Kier alpha value is -1.51. The lowest BCUT2D eigenvalue weighted by Crippen LogP contribution is -2.09. The Balaban J connectivity index is 2.90. The van der Waals surface area contributed by atoms with Gasteiger partial charge in [0.05, 0.1) is 20.1 Å². The maximum absolute atomic E-state index is 11.4. The van der Waals surface area contributed by atoms with Gasteiger partial charge in [-0.25, -0.2) is 0 Å². The summed E-state index contributed by atoms with van der Waals surface area (Å²) < 4.78 is 10.1. The first-order chi connectivity index (χ1) is 7.60. The van der Waals surface area contributed by atoms with Crippen LogP contribution in [0.4, 0.5) is 0 Å². The van der Waals surface area contributed by atoms with Gasteiger partial charge in [0.15, 0.2) is 0 Å². The van der Waals surface area contributed by atoms with Gasteiger partial charge in [-0.2, -0.15) is 0 Å². The fourth-order valence-electron chi connectivity index (χ4n) is 1.63. The van der Waals surface area contributed by atoms with E-state index in [0.717, 1.165) is 22.4 Å². The molecule has 3 heteroatoms. The minimum absolute atomic E-state index is 0.185. The molecule has 1 aromatic rings. The van der Waals surface area contributed by atoms with E-state index in [4.69, 9.17) is 9.47 Å². The topological polar surface area (TPSA) is 35.5 Å². The highest BCUT2D eigenvalue weighted by Crippen LogP contribution is 2.24. The first kappa shape index (κ1) is 12.6. The largest absolute Gasteiger partial charge is 0.496 e. The summed E-state index contributed by atoms with van der Waals surface area (Å²) >= 11 is 0. The van der Waals surface area contributed by atoms with Crippen molar-refractivity contribution in [1.29, 1.82) is 0 Å². The molecule has 16 heavy (non-hydrogen) atoms.